The van der Waals surface area contributed by atoms with E-state index in [0.717, 1.165) is 12.2 Å². The lowest BCUT2D eigenvalue weighted by Crippen LogP contribution is -2.32. The highest BCUT2D eigenvalue weighted by atomic mass is 16.7. The van der Waals surface area contributed by atoms with Crippen LogP contribution in [0.15, 0.2) is 12.2 Å². The SMILES string of the molecule is NCCNCCNOC(=O)/C=C\C(=O)ONCCNCCN. The Labute approximate surface area is 129 Å². The lowest BCUT2D eigenvalue weighted by atomic mass is 10.5. The third-order valence-corrected chi connectivity index (χ3v) is 2.15. The average Bonchev–Trinajstić information content (AvgIpc) is 2.52. The van der Waals surface area contributed by atoms with E-state index >= 15 is 0 Å². The molecule has 0 aromatic heterocycles. The fourth-order valence-electron chi connectivity index (χ4n) is 1.18. The second-order valence-corrected chi connectivity index (χ2v) is 4.04. The molecule has 0 aliphatic heterocycles. The molecule has 10 nitrogen and oxygen atoms in total. The van der Waals surface area contributed by atoms with E-state index in [2.05, 4.69) is 31.3 Å². The fourth-order valence-corrected chi connectivity index (χ4v) is 1.18. The molecule has 0 saturated heterocycles. The van der Waals surface area contributed by atoms with Crippen LogP contribution >= 0.6 is 0 Å². The zero-order chi connectivity index (χ0) is 16.5. The molecule has 22 heavy (non-hydrogen) atoms. The Balaban J connectivity index is 3.51. The molecule has 0 radical (unpaired) electrons. The van der Waals surface area contributed by atoms with E-state index in [1.165, 1.54) is 0 Å². The Kier molecular flexibility index (Phi) is 14.7. The summed E-state index contributed by atoms with van der Waals surface area (Å²) in [5.41, 5.74) is 15.5. The molecule has 128 valence electrons. The molecule has 0 bridgehead atoms. The summed E-state index contributed by atoms with van der Waals surface area (Å²) in [5.74, 6) is -1.39. The van der Waals surface area contributed by atoms with Gasteiger partial charge in [0.1, 0.15) is 0 Å². The number of carbonyl (C=O) groups is 2. The van der Waals surface area contributed by atoms with Crippen molar-refractivity contribution in [3.05, 3.63) is 12.2 Å². The van der Waals surface area contributed by atoms with Crippen LogP contribution in [0.3, 0.4) is 0 Å². The van der Waals surface area contributed by atoms with Crippen molar-refractivity contribution in [2.75, 3.05) is 52.4 Å². The zero-order valence-electron chi connectivity index (χ0n) is 12.6. The maximum Gasteiger partial charge on any atom is 0.349 e. The van der Waals surface area contributed by atoms with Crippen LogP contribution in [0.2, 0.25) is 0 Å². The number of carbonyl (C=O) groups excluding carboxylic acids is 2. The van der Waals surface area contributed by atoms with Crippen molar-refractivity contribution < 1.29 is 19.3 Å². The first-order valence-electron chi connectivity index (χ1n) is 7.07. The monoisotopic (exact) mass is 318 g/mol. The molecule has 0 aliphatic carbocycles. The normalized spacial score (nSPS) is 10.8. The summed E-state index contributed by atoms with van der Waals surface area (Å²) < 4.78 is 0. The number of rotatable bonds is 14. The molecule has 0 aromatic carbocycles. The average molecular weight is 318 g/mol. The van der Waals surface area contributed by atoms with Gasteiger partial charge in [-0.05, 0) is 0 Å². The van der Waals surface area contributed by atoms with Gasteiger partial charge in [-0.25, -0.2) is 9.59 Å². The second-order valence-electron chi connectivity index (χ2n) is 4.04. The van der Waals surface area contributed by atoms with Gasteiger partial charge in [-0.15, -0.1) is 0 Å². The summed E-state index contributed by atoms with van der Waals surface area (Å²) in [4.78, 5) is 31.7. The molecular weight excluding hydrogens is 292 g/mol. The van der Waals surface area contributed by atoms with E-state index < -0.39 is 11.9 Å². The van der Waals surface area contributed by atoms with Crippen molar-refractivity contribution in [2.45, 2.75) is 0 Å². The van der Waals surface area contributed by atoms with Crippen LogP contribution in [-0.4, -0.2) is 64.3 Å². The van der Waals surface area contributed by atoms with E-state index in [0.29, 0.717) is 52.4 Å². The van der Waals surface area contributed by atoms with E-state index in [9.17, 15) is 9.59 Å². The maximum absolute atomic E-state index is 11.2. The molecule has 0 atom stereocenters. The van der Waals surface area contributed by atoms with Crippen LogP contribution in [0, 0.1) is 0 Å². The summed E-state index contributed by atoms with van der Waals surface area (Å²) in [6.07, 6.45) is 1.94. The van der Waals surface area contributed by atoms with Gasteiger partial charge in [0.25, 0.3) is 0 Å². The van der Waals surface area contributed by atoms with E-state index in [-0.39, 0.29) is 0 Å². The lowest BCUT2D eigenvalue weighted by Gasteiger charge is -2.05. The van der Waals surface area contributed by atoms with E-state index in [1.807, 2.05) is 0 Å². The summed E-state index contributed by atoms with van der Waals surface area (Å²) in [6.45, 7) is 4.55. The Morgan fingerprint density at radius 2 is 1.14 bits per heavy atom. The van der Waals surface area contributed by atoms with Crippen LogP contribution in [0.1, 0.15) is 0 Å². The van der Waals surface area contributed by atoms with Crippen LogP contribution in [0.25, 0.3) is 0 Å². The van der Waals surface area contributed by atoms with Gasteiger partial charge in [-0.2, -0.15) is 11.0 Å². The molecule has 0 fully saturated rings. The smallest absolute Gasteiger partial charge is 0.349 e. The minimum atomic E-state index is -0.694. The molecule has 0 rings (SSSR count). The van der Waals surface area contributed by atoms with Gasteiger partial charge in [0.2, 0.25) is 0 Å². The highest BCUT2D eigenvalue weighted by Crippen LogP contribution is 1.81. The van der Waals surface area contributed by atoms with Crippen LogP contribution < -0.4 is 33.1 Å². The van der Waals surface area contributed by atoms with Gasteiger partial charge >= 0.3 is 11.9 Å². The Morgan fingerprint density at radius 1 is 0.727 bits per heavy atom. The van der Waals surface area contributed by atoms with Gasteiger partial charge in [-0.1, -0.05) is 0 Å². The molecule has 0 heterocycles. The predicted octanol–water partition coefficient (Wildman–Crippen LogP) is -3.27. The quantitative estimate of drug-likeness (QED) is 0.109. The van der Waals surface area contributed by atoms with Crippen molar-refractivity contribution in [2.24, 2.45) is 11.5 Å². The van der Waals surface area contributed by atoms with E-state index in [1.54, 1.807) is 0 Å². The highest BCUT2D eigenvalue weighted by molar-refractivity contribution is 5.91. The van der Waals surface area contributed by atoms with Crippen molar-refractivity contribution in [1.82, 2.24) is 21.6 Å². The predicted molar refractivity (Wildman–Crippen MR) is 81.2 cm³/mol. The summed E-state index contributed by atoms with van der Waals surface area (Å²) in [7, 11) is 0. The number of hydrogen-bond donors (Lipinski definition) is 6. The summed E-state index contributed by atoms with van der Waals surface area (Å²) in [6, 6.07) is 0. The zero-order valence-corrected chi connectivity index (χ0v) is 12.6. The topological polar surface area (TPSA) is 153 Å². The Morgan fingerprint density at radius 3 is 1.50 bits per heavy atom. The number of nitrogens with one attached hydrogen (secondary N) is 4. The summed E-state index contributed by atoms with van der Waals surface area (Å²) in [5, 5.41) is 6.02. The third kappa shape index (κ3) is 14.8. The van der Waals surface area contributed by atoms with Crippen LogP contribution in [0.5, 0.6) is 0 Å². The van der Waals surface area contributed by atoms with Crippen LogP contribution in [0.4, 0.5) is 0 Å². The first-order chi connectivity index (χ1) is 10.7. The van der Waals surface area contributed by atoms with Gasteiger partial charge in [0.05, 0.1) is 0 Å². The summed E-state index contributed by atoms with van der Waals surface area (Å²) >= 11 is 0. The molecule has 0 amide bonds. The maximum atomic E-state index is 11.2. The first-order valence-corrected chi connectivity index (χ1v) is 7.07. The fraction of sp³-hybridized carbons (Fsp3) is 0.667. The molecule has 0 spiro atoms. The molecule has 0 saturated carbocycles. The molecule has 0 aliphatic rings. The highest BCUT2D eigenvalue weighted by Gasteiger charge is 2.01. The van der Waals surface area contributed by atoms with Gasteiger partial charge < -0.3 is 31.8 Å². The number of hydrogen-bond acceptors (Lipinski definition) is 10. The molecule has 8 N–H and O–H groups in total. The van der Waals surface area contributed by atoms with Crippen molar-refractivity contribution in [3.63, 3.8) is 0 Å². The molecular formula is C12H26N6O4. The third-order valence-electron chi connectivity index (χ3n) is 2.15. The molecule has 10 heteroatoms. The largest absolute Gasteiger partial charge is 0.367 e. The Hall–Kier alpha value is -1.56. The number of nitrogens with two attached hydrogens (primary N) is 2. The number of hydroxylamine groups is 2. The second kappa shape index (κ2) is 15.8. The Bertz CT molecular complexity index is 297. The van der Waals surface area contributed by atoms with Gasteiger partial charge in [0.15, 0.2) is 0 Å². The molecule has 0 unspecified atom stereocenters. The standard InChI is InChI=1S/C12H26N6O4/c13-3-5-15-7-9-17-21-11(19)1-2-12(20)22-18-10-8-16-6-4-14/h1-2,15-18H,3-10,13-14H2/b2-1-. The van der Waals surface area contributed by atoms with Crippen molar-refractivity contribution >= 4 is 11.9 Å². The van der Waals surface area contributed by atoms with Crippen molar-refractivity contribution in [3.8, 4) is 0 Å². The van der Waals surface area contributed by atoms with Crippen molar-refractivity contribution in [1.29, 1.82) is 0 Å². The van der Waals surface area contributed by atoms with E-state index in [4.69, 9.17) is 11.5 Å². The van der Waals surface area contributed by atoms with Gasteiger partial charge in [0, 0.05) is 64.5 Å². The minimum Gasteiger partial charge on any atom is -0.367 e. The molecule has 0 aromatic rings. The van der Waals surface area contributed by atoms with Crippen LogP contribution in [-0.2, 0) is 19.3 Å². The lowest BCUT2D eigenvalue weighted by molar-refractivity contribution is -0.147. The van der Waals surface area contributed by atoms with Gasteiger partial charge in [-0.3, -0.25) is 0 Å². The first kappa shape index (κ1) is 20.4. The minimum absolute atomic E-state index is 0.432.